The molecule has 0 fully saturated rings. The second kappa shape index (κ2) is 6.14. The van der Waals surface area contributed by atoms with E-state index in [0.29, 0.717) is 0 Å². The summed E-state index contributed by atoms with van der Waals surface area (Å²) in [6, 6.07) is 5.10. The molecule has 0 saturated carbocycles. The monoisotopic (exact) mass is 259 g/mol. The van der Waals surface area contributed by atoms with Gasteiger partial charge in [-0.25, -0.2) is 4.39 Å². The van der Waals surface area contributed by atoms with Crippen LogP contribution >= 0.6 is 15.9 Å². The van der Waals surface area contributed by atoms with E-state index in [1.54, 1.807) is 6.07 Å². The van der Waals surface area contributed by atoms with Crippen LogP contribution in [0.2, 0.25) is 0 Å². The first kappa shape index (κ1) is 11.7. The van der Waals surface area contributed by atoms with Crippen molar-refractivity contribution < 1.29 is 4.39 Å². The van der Waals surface area contributed by atoms with E-state index in [-0.39, 0.29) is 5.82 Å². The Labute approximate surface area is 92.8 Å². The van der Waals surface area contributed by atoms with Gasteiger partial charge in [-0.3, -0.25) is 0 Å². The summed E-state index contributed by atoms with van der Waals surface area (Å²) >= 11 is 3.34. The van der Waals surface area contributed by atoms with Crippen LogP contribution in [0.4, 0.5) is 4.39 Å². The van der Waals surface area contributed by atoms with Gasteiger partial charge in [0.2, 0.25) is 0 Å². The van der Waals surface area contributed by atoms with Crippen molar-refractivity contribution in [1.82, 2.24) is 5.32 Å². The highest BCUT2D eigenvalue weighted by molar-refractivity contribution is 9.10. The van der Waals surface area contributed by atoms with Crippen molar-refractivity contribution in [1.29, 1.82) is 0 Å². The number of aryl methyl sites for hydroxylation is 1. The lowest BCUT2D eigenvalue weighted by Crippen LogP contribution is -2.07. The maximum atomic E-state index is 13.2. The highest BCUT2D eigenvalue weighted by Crippen LogP contribution is 2.17. The first-order valence-corrected chi connectivity index (χ1v) is 5.62. The lowest BCUT2D eigenvalue weighted by atomic mass is 10.1. The van der Waals surface area contributed by atoms with Crippen molar-refractivity contribution in [2.75, 3.05) is 13.6 Å². The summed E-state index contributed by atoms with van der Waals surface area (Å²) in [6.45, 7) is 0.996. The molecule has 3 heteroatoms. The fraction of sp³-hybridized carbons (Fsp3) is 0.455. The molecule has 0 aromatic heterocycles. The van der Waals surface area contributed by atoms with E-state index in [4.69, 9.17) is 0 Å². The standard InChI is InChI=1S/C11H15BrFN/c1-14-7-3-2-4-9-8-10(12)5-6-11(9)13/h5-6,8,14H,2-4,7H2,1H3. The summed E-state index contributed by atoms with van der Waals surface area (Å²) in [6.07, 6.45) is 2.92. The molecule has 0 aliphatic heterocycles. The Morgan fingerprint density at radius 2 is 2.14 bits per heavy atom. The van der Waals surface area contributed by atoms with Gasteiger partial charge in [0.05, 0.1) is 0 Å². The van der Waals surface area contributed by atoms with E-state index in [9.17, 15) is 4.39 Å². The lowest BCUT2D eigenvalue weighted by molar-refractivity contribution is 0.596. The maximum Gasteiger partial charge on any atom is 0.126 e. The zero-order valence-corrected chi connectivity index (χ0v) is 9.90. The minimum Gasteiger partial charge on any atom is -0.320 e. The van der Waals surface area contributed by atoms with Crippen LogP contribution in [-0.4, -0.2) is 13.6 Å². The van der Waals surface area contributed by atoms with Crippen LogP contribution in [0.15, 0.2) is 22.7 Å². The van der Waals surface area contributed by atoms with E-state index in [0.717, 1.165) is 35.8 Å². The van der Waals surface area contributed by atoms with Gasteiger partial charge >= 0.3 is 0 Å². The molecule has 0 bridgehead atoms. The van der Waals surface area contributed by atoms with Gasteiger partial charge in [0.1, 0.15) is 5.82 Å². The van der Waals surface area contributed by atoms with Gasteiger partial charge in [-0.1, -0.05) is 15.9 Å². The molecule has 0 amide bonds. The first-order chi connectivity index (χ1) is 6.74. The SMILES string of the molecule is CNCCCCc1cc(Br)ccc1F. The molecule has 1 aromatic carbocycles. The van der Waals surface area contributed by atoms with Crippen molar-refractivity contribution >= 4 is 15.9 Å². The Hall–Kier alpha value is -0.410. The minimum absolute atomic E-state index is 0.0994. The Bertz CT molecular complexity index is 289. The van der Waals surface area contributed by atoms with Crippen LogP contribution in [0.5, 0.6) is 0 Å². The number of rotatable bonds is 5. The zero-order chi connectivity index (χ0) is 10.4. The summed E-state index contributed by atoms with van der Waals surface area (Å²) in [7, 11) is 1.93. The summed E-state index contributed by atoms with van der Waals surface area (Å²) in [5, 5.41) is 3.08. The average molecular weight is 260 g/mol. The first-order valence-electron chi connectivity index (χ1n) is 4.82. The molecule has 1 aromatic rings. The molecule has 78 valence electrons. The van der Waals surface area contributed by atoms with E-state index < -0.39 is 0 Å². The van der Waals surface area contributed by atoms with Gasteiger partial charge in [-0.15, -0.1) is 0 Å². The summed E-state index contributed by atoms with van der Waals surface area (Å²) in [5.41, 5.74) is 0.801. The molecule has 0 atom stereocenters. The van der Waals surface area contributed by atoms with Crippen molar-refractivity contribution in [2.45, 2.75) is 19.3 Å². The Morgan fingerprint density at radius 1 is 1.36 bits per heavy atom. The number of nitrogens with one attached hydrogen (secondary N) is 1. The molecule has 0 spiro atoms. The zero-order valence-electron chi connectivity index (χ0n) is 8.32. The third kappa shape index (κ3) is 3.76. The third-order valence-electron chi connectivity index (χ3n) is 2.13. The van der Waals surface area contributed by atoms with Gasteiger partial charge in [0.15, 0.2) is 0 Å². The van der Waals surface area contributed by atoms with Crippen LogP contribution in [0.1, 0.15) is 18.4 Å². The van der Waals surface area contributed by atoms with Crippen molar-refractivity contribution in [3.63, 3.8) is 0 Å². The molecule has 1 nitrogen and oxygen atoms in total. The van der Waals surface area contributed by atoms with Crippen LogP contribution in [0.25, 0.3) is 0 Å². The molecule has 1 rings (SSSR count). The molecule has 0 radical (unpaired) electrons. The van der Waals surface area contributed by atoms with E-state index in [1.807, 2.05) is 13.1 Å². The van der Waals surface area contributed by atoms with Gasteiger partial charge in [0, 0.05) is 4.47 Å². The predicted molar refractivity (Wildman–Crippen MR) is 61.0 cm³/mol. The molecule has 0 unspecified atom stereocenters. The van der Waals surface area contributed by atoms with Crippen LogP contribution in [-0.2, 0) is 6.42 Å². The van der Waals surface area contributed by atoms with Gasteiger partial charge in [-0.2, -0.15) is 0 Å². The minimum atomic E-state index is -0.0994. The van der Waals surface area contributed by atoms with Crippen molar-refractivity contribution in [3.8, 4) is 0 Å². The number of benzene rings is 1. The average Bonchev–Trinajstić information content (AvgIpc) is 2.18. The molecule has 14 heavy (non-hydrogen) atoms. The van der Waals surface area contributed by atoms with Crippen molar-refractivity contribution in [3.05, 3.63) is 34.1 Å². The fourth-order valence-electron chi connectivity index (χ4n) is 1.35. The second-order valence-electron chi connectivity index (χ2n) is 3.30. The molecular formula is C11H15BrFN. The maximum absolute atomic E-state index is 13.2. The predicted octanol–water partition coefficient (Wildman–Crippen LogP) is 3.13. The van der Waals surface area contributed by atoms with E-state index in [2.05, 4.69) is 21.2 Å². The Balaban J connectivity index is 2.45. The van der Waals surface area contributed by atoms with Crippen LogP contribution in [0.3, 0.4) is 0 Å². The number of unbranched alkanes of at least 4 members (excludes halogenated alkanes) is 1. The smallest absolute Gasteiger partial charge is 0.126 e. The van der Waals surface area contributed by atoms with Crippen LogP contribution < -0.4 is 5.32 Å². The molecule has 0 aliphatic rings. The lowest BCUT2D eigenvalue weighted by Gasteiger charge is -2.03. The van der Waals surface area contributed by atoms with E-state index >= 15 is 0 Å². The topological polar surface area (TPSA) is 12.0 Å². The second-order valence-corrected chi connectivity index (χ2v) is 4.21. The molecule has 0 heterocycles. The van der Waals surface area contributed by atoms with Crippen molar-refractivity contribution in [2.24, 2.45) is 0 Å². The molecule has 0 aliphatic carbocycles. The number of hydrogen-bond donors (Lipinski definition) is 1. The van der Waals surface area contributed by atoms with Gasteiger partial charge < -0.3 is 5.32 Å². The largest absolute Gasteiger partial charge is 0.320 e. The van der Waals surface area contributed by atoms with E-state index in [1.165, 1.54) is 6.07 Å². The van der Waals surface area contributed by atoms with Crippen LogP contribution in [0, 0.1) is 5.82 Å². The molecular weight excluding hydrogens is 245 g/mol. The Kier molecular flexibility index (Phi) is 5.12. The Morgan fingerprint density at radius 3 is 2.86 bits per heavy atom. The number of halogens is 2. The highest BCUT2D eigenvalue weighted by Gasteiger charge is 2.01. The van der Waals surface area contributed by atoms with Gasteiger partial charge in [-0.05, 0) is 56.6 Å². The van der Waals surface area contributed by atoms with Gasteiger partial charge in [0.25, 0.3) is 0 Å². The summed E-state index contributed by atoms with van der Waals surface area (Å²) in [5.74, 6) is -0.0994. The normalized spacial score (nSPS) is 10.5. The number of hydrogen-bond acceptors (Lipinski definition) is 1. The molecule has 1 N–H and O–H groups in total. The highest BCUT2D eigenvalue weighted by atomic mass is 79.9. The molecule has 0 saturated heterocycles. The summed E-state index contributed by atoms with van der Waals surface area (Å²) < 4.78 is 14.2. The quantitative estimate of drug-likeness (QED) is 0.802. The third-order valence-corrected chi connectivity index (χ3v) is 2.62. The summed E-state index contributed by atoms with van der Waals surface area (Å²) in [4.78, 5) is 0. The fourth-order valence-corrected chi connectivity index (χ4v) is 1.76.